The number of hydrogen-bond donors (Lipinski definition) is 4. The molecular weight excluding hydrogens is 476 g/mol. The first kappa shape index (κ1) is 29.9. The number of aromatic hydroxyl groups is 1. The first-order valence-electron chi connectivity index (χ1n) is 13.0. The van der Waals surface area contributed by atoms with Crippen LogP contribution in [-0.4, -0.2) is 57.5 Å². The van der Waals surface area contributed by atoms with Gasteiger partial charge in [-0.3, -0.25) is 14.4 Å². The van der Waals surface area contributed by atoms with Gasteiger partial charge in [0.1, 0.15) is 23.4 Å². The lowest BCUT2D eigenvalue weighted by molar-refractivity contribution is -0.146. The number of rotatable bonds is 10. The van der Waals surface area contributed by atoms with Crippen LogP contribution in [0.2, 0.25) is 0 Å². The number of nitrogens with zero attached hydrogens (tertiary/aromatic N) is 1. The van der Waals surface area contributed by atoms with Crippen molar-refractivity contribution in [1.82, 2.24) is 15.5 Å². The number of amides is 4. The summed E-state index contributed by atoms with van der Waals surface area (Å²) in [5.74, 6) is -1.75. The highest BCUT2D eigenvalue weighted by Crippen LogP contribution is 2.29. The van der Waals surface area contributed by atoms with Gasteiger partial charge in [0.25, 0.3) is 0 Å². The lowest BCUT2D eigenvalue weighted by atomic mass is 9.94. The van der Waals surface area contributed by atoms with Crippen LogP contribution in [0.3, 0.4) is 0 Å². The quantitative estimate of drug-likeness (QED) is 0.373. The summed E-state index contributed by atoms with van der Waals surface area (Å²) in [6, 6.07) is 3.27. The second kappa shape index (κ2) is 13.3. The van der Waals surface area contributed by atoms with Gasteiger partial charge in [0.2, 0.25) is 17.7 Å². The largest absolute Gasteiger partial charge is 0.508 e. The molecular formula is C27H42N4O6. The third kappa shape index (κ3) is 9.26. The first-order chi connectivity index (χ1) is 17.3. The van der Waals surface area contributed by atoms with Gasteiger partial charge in [0.15, 0.2) is 0 Å². The Morgan fingerprint density at radius 2 is 1.70 bits per heavy atom. The summed E-state index contributed by atoms with van der Waals surface area (Å²) in [5, 5.41) is 15.4. The molecule has 1 fully saturated rings. The minimum atomic E-state index is -1.33. The summed E-state index contributed by atoms with van der Waals surface area (Å²) in [7, 11) is 0. The minimum absolute atomic E-state index is 0.00365. The van der Waals surface area contributed by atoms with Crippen LogP contribution in [-0.2, 0) is 19.1 Å². The van der Waals surface area contributed by atoms with Crippen LogP contribution in [0.5, 0.6) is 5.75 Å². The van der Waals surface area contributed by atoms with Gasteiger partial charge in [0.05, 0.1) is 6.42 Å². The molecule has 1 aliphatic rings. The number of phenolic OH excluding ortho intramolecular Hbond substituents is 1. The fourth-order valence-electron chi connectivity index (χ4n) is 4.45. The summed E-state index contributed by atoms with van der Waals surface area (Å²) in [5.41, 5.74) is 5.09. The summed E-state index contributed by atoms with van der Waals surface area (Å²) in [6.07, 6.45) is 4.04. The van der Waals surface area contributed by atoms with Gasteiger partial charge in [-0.25, -0.2) is 4.79 Å². The molecule has 0 bridgehead atoms. The van der Waals surface area contributed by atoms with Crippen molar-refractivity contribution in [2.45, 2.75) is 109 Å². The van der Waals surface area contributed by atoms with Crippen molar-refractivity contribution in [3.05, 3.63) is 29.8 Å². The highest BCUT2D eigenvalue weighted by Gasteiger charge is 2.39. The van der Waals surface area contributed by atoms with Crippen LogP contribution in [0.1, 0.15) is 91.2 Å². The van der Waals surface area contributed by atoms with Gasteiger partial charge in [-0.2, -0.15) is 0 Å². The van der Waals surface area contributed by atoms with Crippen LogP contribution in [0.25, 0.3) is 0 Å². The number of carbonyl (C=O) groups excluding carboxylic acids is 4. The number of benzene rings is 1. The molecule has 2 rings (SSSR count). The molecule has 0 heterocycles. The van der Waals surface area contributed by atoms with E-state index >= 15 is 0 Å². The van der Waals surface area contributed by atoms with Crippen LogP contribution in [0.15, 0.2) is 24.3 Å². The molecule has 1 saturated carbocycles. The van der Waals surface area contributed by atoms with E-state index in [4.69, 9.17) is 10.5 Å². The van der Waals surface area contributed by atoms with Gasteiger partial charge >= 0.3 is 6.09 Å². The second-order valence-electron chi connectivity index (χ2n) is 10.7. The lowest BCUT2D eigenvalue weighted by Gasteiger charge is -2.39. The zero-order valence-corrected chi connectivity index (χ0v) is 22.6. The summed E-state index contributed by atoms with van der Waals surface area (Å²) in [4.78, 5) is 53.5. The molecule has 206 valence electrons. The van der Waals surface area contributed by atoms with E-state index in [1.807, 2.05) is 6.92 Å². The smallest absolute Gasteiger partial charge is 0.408 e. The number of alkyl carbamates (subject to hydrolysis) is 1. The molecule has 4 amide bonds. The zero-order chi connectivity index (χ0) is 27.8. The number of nitrogens with one attached hydrogen (secondary N) is 2. The number of ether oxygens (including phenoxy) is 1. The van der Waals surface area contributed by atoms with Crippen molar-refractivity contribution < 1.29 is 29.0 Å². The SMILES string of the molecule is CCC(C)N(C(=O)C(CC(N)=O)NC(=O)OC(C)(C)C)C(C(=O)NC1CCCCC1)c1ccc(O)cc1. The fourth-order valence-corrected chi connectivity index (χ4v) is 4.45. The number of hydrogen-bond acceptors (Lipinski definition) is 6. The van der Waals surface area contributed by atoms with Crippen molar-refractivity contribution in [3.8, 4) is 5.75 Å². The third-order valence-corrected chi connectivity index (χ3v) is 6.40. The molecule has 0 aromatic heterocycles. The standard InChI is InChI=1S/C27H42N4O6/c1-6-17(2)31(25(35)21(16-22(28)33)30-26(36)37-27(3,4)5)23(18-12-14-20(32)15-13-18)24(34)29-19-10-8-7-9-11-19/h12-15,17,19,21,23,32H,6-11,16H2,1-5H3,(H2,28,33)(H,29,34)(H,30,36). The maximum atomic E-state index is 14.0. The molecule has 0 saturated heterocycles. The molecule has 37 heavy (non-hydrogen) atoms. The Kier molecular flexibility index (Phi) is 10.8. The molecule has 5 N–H and O–H groups in total. The van der Waals surface area contributed by atoms with Gasteiger partial charge < -0.3 is 31.1 Å². The van der Waals surface area contributed by atoms with Crippen molar-refractivity contribution >= 4 is 23.8 Å². The summed E-state index contributed by atoms with van der Waals surface area (Å²) >= 11 is 0. The summed E-state index contributed by atoms with van der Waals surface area (Å²) in [6.45, 7) is 8.72. The predicted octanol–water partition coefficient (Wildman–Crippen LogP) is 3.28. The average Bonchev–Trinajstić information content (AvgIpc) is 2.81. The summed E-state index contributed by atoms with van der Waals surface area (Å²) < 4.78 is 5.29. The van der Waals surface area contributed by atoms with Crippen LogP contribution in [0.4, 0.5) is 4.79 Å². The number of carbonyl (C=O) groups is 4. The first-order valence-corrected chi connectivity index (χ1v) is 13.0. The average molecular weight is 519 g/mol. The molecule has 1 aliphatic carbocycles. The minimum Gasteiger partial charge on any atom is -0.508 e. The van der Waals surface area contributed by atoms with Crippen LogP contribution >= 0.6 is 0 Å². The van der Waals surface area contributed by atoms with E-state index in [1.165, 1.54) is 17.0 Å². The molecule has 0 aliphatic heterocycles. The van der Waals surface area contributed by atoms with Gasteiger partial charge in [-0.1, -0.05) is 38.3 Å². The van der Waals surface area contributed by atoms with Crippen molar-refractivity contribution in [2.24, 2.45) is 5.73 Å². The molecule has 0 radical (unpaired) electrons. The second-order valence-corrected chi connectivity index (χ2v) is 10.7. The Morgan fingerprint density at radius 3 is 2.22 bits per heavy atom. The van der Waals surface area contributed by atoms with Crippen LogP contribution in [0, 0.1) is 0 Å². The van der Waals surface area contributed by atoms with E-state index in [0.717, 1.165) is 32.1 Å². The molecule has 3 atom stereocenters. The van der Waals surface area contributed by atoms with E-state index in [-0.39, 0.29) is 17.7 Å². The topological polar surface area (TPSA) is 151 Å². The highest BCUT2D eigenvalue weighted by molar-refractivity contribution is 5.94. The van der Waals surface area contributed by atoms with Gasteiger partial charge in [-0.05, 0) is 64.7 Å². The number of nitrogens with two attached hydrogens (primary N) is 1. The van der Waals surface area contributed by atoms with E-state index in [9.17, 15) is 24.3 Å². The van der Waals surface area contributed by atoms with Crippen molar-refractivity contribution in [2.75, 3.05) is 0 Å². The Bertz CT molecular complexity index is 937. The Labute approximate surface area is 219 Å². The van der Waals surface area contributed by atoms with Crippen LogP contribution < -0.4 is 16.4 Å². The molecule has 0 spiro atoms. The number of primary amides is 1. The normalized spacial score (nSPS) is 16.7. The van der Waals surface area contributed by atoms with E-state index < -0.39 is 48.1 Å². The monoisotopic (exact) mass is 518 g/mol. The van der Waals surface area contributed by atoms with Gasteiger partial charge in [-0.15, -0.1) is 0 Å². The van der Waals surface area contributed by atoms with Gasteiger partial charge in [0, 0.05) is 12.1 Å². The lowest BCUT2D eigenvalue weighted by Crippen LogP contribution is -2.56. The zero-order valence-electron chi connectivity index (χ0n) is 22.6. The highest BCUT2D eigenvalue weighted by atomic mass is 16.6. The van der Waals surface area contributed by atoms with E-state index in [1.54, 1.807) is 39.8 Å². The Hall–Kier alpha value is -3.30. The molecule has 1 aromatic carbocycles. The fraction of sp³-hybridized carbons (Fsp3) is 0.630. The third-order valence-electron chi connectivity index (χ3n) is 6.40. The van der Waals surface area contributed by atoms with Crippen molar-refractivity contribution in [1.29, 1.82) is 0 Å². The Balaban J connectivity index is 2.48. The maximum absolute atomic E-state index is 14.0. The van der Waals surface area contributed by atoms with Crippen molar-refractivity contribution in [3.63, 3.8) is 0 Å². The molecule has 3 unspecified atom stereocenters. The predicted molar refractivity (Wildman–Crippen MR) is 139 cm³/mol. The molecule has 1 aromatic rings. The maximum Gasteiger partial charge on any atom is 0.408 e. The number of phenols is 1. The molecule has 10 nitrogen and oxygen atoms in total. The Morgan fingerprint density at radius 1 is 1.11 bits per heavy atom. The molecule has 10 heteroatoms. The van der Waals surface area contributed by atoms with E-state index in [2.05, 4.69) is 10.6 Å². The van der Waals surface area contributed by atoms with E-state index in [0.29, 0.717) is 12.0 Å².